The van der Waals surface area contributed by atoms with Crippen LogP contribution >= 0.6 is 11.8 Å². The second-order valence-corrected chi connectivity index (χ2v) is 8.26. The van der Waals surface area contributed by atoms with Gasteiger partial charge in [-0.15, -0.1) is 10.2 Å². The Morgan fingerprint density at radius 2 is 1.72 bits per heavy atom. The average Bonchev–Trinajstić information content (AvgIpc) is 3.08. The van der Waals surface area contributed by atoms with Crippen molar-refractivity contribution in [1.82, 2.24) is 14.8 Å². The molecule has 0 aliphatic rings. The second kappa shape index (κ2) is 8.09. The highest BCUT2D eigenvalue weighted by atomic mass is 32.2. The van der Waals surface area contributed by atoms with Crippen molar-refractivity contribution in [3.63, 3.8) is 0 Å². The number of rotatable bonds is 5. The van der Waals surface area contributed by atoms with E-state index < -0.39 is 0 Å². The molecule has 1 amide bonds. The van der Waals surface area contributed by atoms with Crippen LogP contribution in [0.25, 0.3) is 22.2 Å². The highest BCUT2D eigenvalue weighted by Crippen LogP contribution is 2.29. The highest BCUT2D eigenvalue weighted by molar-refractivity contribution is 8.00. The minimum Gasteiger partial charge on any atom is -0.325 e. The molecule has 1 unspecified atom stereocenters. The molecule has 0 spiro atoms. The van der Waals surface area contributed by atoms with Crippen LogP contribution in [0, 0.1) is 6.92 Å². The van der Waals surface area contributed by atoms with Crippen molar-refractivity contribution in [3.8, 4) is 11.4 Å². The van der Waals surface area contributed by atoms with Gasteiger partial charge in [-0.2, -0.15) is 0 Å². The van der Waals surface area contributed by atoms with E-state index in [-0.39, 0.29) is 11.2 Å². The minimum atomic E-state index is -0.318. The van der Waals surface area contributed by atoms with Crippen LogP contribution in [0.5, 0.6) is 0 Å². The van der Waals surface area contributed by atoms with Gasteiger partial charge in [0, 0.05) is 23.7 Å². The first-order valence-corrected chi connectivity index (χ1v) is 10.3. The van der Waals surface area contributed by atoms with Crippen LogP contribution in [-0.2, 0) is 11.8 Å². The molecule has 6 heteroatoms. The van der Waals surface area contributed by atoms with Gasteiger partial charge >= 0.3 is 0 Å². The first-order chi connectivity index (χ1) is 14.0. The molecule has 29 heavy (non-hydrogen) atoms. The Morgan fingerprint density at radius 3 is 2.55 bits per heavy atom. The maximum Gasteiger partial charge on any atom is 0.237 e. The van der Waals surface area contributed by atoms with Gasteiger partial charge in [0.2, 0.25) is 5.91 Å². The molecule has 1 aromatic heterocycles. The van der Waals surface area contributed by atoms with Crippen molar-refractivity contribution in [3.05, 3.63) is 72.3 Å². The van der Waals surface area contributed by atoms with E-state index in [0.29, 0.717) is 5.16 Å². The number of hydrogen-bond acceptors (Lipinski definition) is 4. The zero-order chi connectivity index (χ0) is 20.4. The molecule has 4 rings (SSSR count). The van der Waals surface area contributed by atoms with E-state index in [9.17, 15) is 4.79 Å². The van der Waals surface area contributed by atoms with E-state index in [1.165, 1.54) is 11.8 Å². The Hall–Kier alpha value is -3.12. The van der Waals surface area contributed by atoms with Gasteiger partial charge in [0.15, 0.2) is 11.0 Å². The number of nitrogens with zero attached hydrogens (tertiary/aromatic N) is 3. The van der Waals surface area contributed by atoms with Crippen molar-refractivity contribution in [2.45, 2.75) is 24.3 Å². The van der Waals surface area contributed by atoms with E-state index >= 15 is 0 Å². The summed E-state index contributed by atoms with van der Waals surface area (Å²) in [5.74, 6) is 0.735. The van der Waals surface area contributed by atoms with E-state index in [4.69, 9.17) is 0 Å². The maximum atomic E-state index is 12.8. The number of hydrogen-bond donors (Lipinski definition) is 1. The van der Waals surface area contributed by atoms with Crippen molar-refractivity contribution in [2.24, 2.45) is 7.05 Å². The van der Waals surface area contributed by atoms with Crippen LogP contribution < -0.4 is 5.32 Å². The van der Waals surface area contributed by atoms with Crippen LogP contribution in [0.15, 0.2) is 71.9 Å². The summed E-state index contributed by atoms with van der Waals surface area (Å²) < 4.78 is 1.94. The fraction of sp³-hybridized carbons (Fsp3) is 0.174. The number of benzene rings is 3. The molecule has 1 heterocycles. The van der Waals surface area contributed by atoms with E-state index in [2.05, 4.69) is 28.5 Å². The van der Waals surface area contributed by atoms with Gasteiger partial charge in [-0.25, -0.2) is 0 Å². The lowest BCUT2D eigenvalue weighted by Crippen LogP contribution is -2.23. The molecule has 5 nitrogen and oxygen atoms in total. The molecule has 0 saturated heterocycles. The van der Waals surface area contributed by atoms with Gasteiger partial charge < -0.3 is 9.88 Å². The molecular formula is C23H22N4OS. The zero-order valence-electron chi connectivity index (χ0n) is 16.6. The Bertz CT molecular complexity index is 1180. The Labute approximate surface area is 174 Å². The monoisotopic (exact) mass is 402 g/mol. The van der Waals surface area contributed by atoms with Crippen molar-refractivity contribution in [1.29, 1.82) is 0 Å². The van der Waals surface area contributed by atoms with Crippen LogP contribution in [0.3, 0.4) is 0 Å². The lowest BCUT2D eigenvalue weighted by molar-refractivity contribution is -0.115. The maximum absolute atomic E-state index is 12.8. The van der Waals surface area contributed by atoms with Crippen molar-refractivity contribution < 1.29 is 4.79 Å². The predicted molar refractivity (Wildman–Crippen MR) is 119 cm³/mol. The first-order valence-electron chi connectivity index (χ1n) is 9.45. The minimum absolute atomic E-state index is 0.0632. The van der Waals surface area contributed by atoms with Crippen molar-refractivity contribution >= 4 is 34.1 Å². The number of thioether (sulfide) groups is 1. The van der Waals surface area contributed by atoms with E-state index in [1.54, 1.807) is 0 Å². The van der Waals surface area contributed by atoms with Crippen LogP contribution in [0.4, 0.5) is 5.69 Å². The van der Waals surface area contributed by atoms with Gasteiger partial charge in [-0.05, 0) is 30.9 Å². The van der Waals surface area contributed by atoms with Gasteiger partial charge in [-0.1, -0.05) is 72.4 Å². The largest absolute Gasteiger partial charge is 0.325 e. The molecule has 0 aliphatic heterocycles. The summed E-state index contributed by atoms with van der Waals surface area (Å²) in [5, 5.41) is 14.2. The molecule has 0 saturated carbocycles. The summed E-state index contributed by atoms with van der Waals surface area (Å²) >= 11 is 1.40. The third-order valence-corrected chi connectivity index (χ3v) is 6.05. The summed E-state index contributed by atoms with van der Waals surface area (Å²) in [6.07, 6.45) is 0. The number of amides is 1. The summed E-state index contributed by atoms with van der Waals surface area (Å²) in [6.45, 7) is 3.93. The van der Waals surface area contributed by atoms with Gasteiger partial charge in [0.05, 0.1) is 5.25 Å². The van der Waals surface area contributed by atoms with E-state index in [1.807, 2.05) is 79.2 Å². The number of anilines is 1. The smallest absolute Gasteiger partial charge is 0.237 e. The second-order valence-electron chi connectivity index (χ2n) is 6.96. The normalized spacial score (nSPS) is 12.1. The number of carbonyl (C=O) groups excluding carboxylic acids is 1. The fourth-order valence-corrected chi connectivity index (χ4v) is 4.07. The molecule has 0 bridgehead atoms. The van der Waals surface area contributed by atoms with Gasteiger partial charge in [-0.3, -0.25) is 4.79 Å². The number of aryl methyl sites for hydroxylation is 1. The standard InChI is InChI=1S/C23H22N4OS/c1-15-9-4-6-12-18(15)21-25-26-23(27(21)3)29-16(2)22(28)24-20-14-8-11-17-10-5-7-13-19(17)20/h4-14,16H,1-3H3,(H,24,28). The van der Waals surface area contributed by atoms with Crippen LogP contribution in [0.1, 0.15) is 12.5 Å². The van der Waals surface area contributed by atoms with Gasteiger partial charge in [0.1, 0.15) is 0 Å². The summed E-state index contributed by atoms with van der Waals surface area (Å²) in [7, 11) is 1.93. The zero-order valence-corrected chi connectivity index (χ0v) is 17.4. The molecule has 3 aromatic carbocycles. The predicted octanol–water partition coefficient (Wildman–Crippen LogP) is 5.06. The Balaban J connectivity index is 1.52. The molecule has 1 N–H and O–H groups in total. The number of fused-ring (bicyclic) bond motifs is 1. The van der Waals surface area contributed by atoms with Crippen LogP contribution in [0.2, 0.25) is 0 Å². The SMILES string of the molecule is Cc1ccccc1-c1nnc(SC(C)C(=O)Nc2cccc3ccccc23)n1C. The molecule has 0 aliphatic carbocycles. The fourth-order valence-electron chi connectivity index (χ4n) is 3.26. The first kappa shape index (κ1) is 19.2. The Morgan fingerprint density at radius 1 is 1.00 bits per heavy atom. The molecule has 0 fully saturated rings. The van der Waals surface area contributed by atoms with Gasteiger partial charge in [0.25, 0.3) is 0 Å². The van der Waals surface area contributed by atoms with Crippen molar-refractivity contribution in [2.75, 3.05) is 5.32 Å². The summed E-state index contributed by atoms with van der Waals surface area (Å²) in [5.41, 5.74) is 3.00. The van der Waals surface area contributed by atoms with E-state index in [0.717, 1.165) is 33.4 Å². The highest BCUT2D eigenvalue weighted by Gasteiger charge is 2.20. The third-order valence-electron chi connectivity index (χ3n) is 4.92. The number of carbonyl (C=O) groups is 1. The lowest BCUT2D eigenvalue weighted by Gasteiger charge is -2.13. The number of aromatic nitrogens is 3. The molecule has 1 atom stereocenters. The summed E-state index contributed by atoms with van der Waals surface area (Å²) in [4.78, 5) is 12.8. The number of nitrogens with one attached hydrogen (secondary N) is 1. The molecule has 4 aromatic rings. The Kier molecular flexibility index (Phi) is 5.36. The van der Waals surface area contributed by atoms with Crippen LogP contribution in [-0.4, -0.2) is 25.9 Å². The lowest BCUT2D eigenvalue weighted by atomic mass is 10.1. The quantitative estimate of drug-likeness (QED) is 0.474. The molecule has 0 radical (unpaired) electrons. The topological polar surface area (TPSA) is 59.8 Å². The molecular weight excluding hydrogens is 380 g/mol. The molecule has 146 valence electrons. The average molecular weight is 403 g/mol. The summed E-state index contributed by atoms with van der Waals surface area (Å²) in [6, 6.07) is 22.0. The third kappa shape index (κ3) is 3.89.